The molecule has 2 bridgehead atoms. The number of thioether (sulfide) groups is 1. The fourth-order valence-electron chi connectivity index (χ4n) is 6.01. The van der Waals surface area contributed by atoms with Crippen molar-refractivity contribution in [1.29, 1.82) is 0 Å². The molecule has 4 aliphatic rings. The number of fused-ring (bicyclic) bond motifs is 3. The highest BCUT2D eigenvalue weighted by atomic mass is 32.2. The number of hydrogen-bond acceptors (Lipinski definition) is 10. The van der Waals surface area contributed by atoms with Crippen molar-refractivity contribution >= 4 is 35.0 Å². The molecule has 1 amide bonds. The molecule has 0 N–H and O–H groups in total. The third-order valence-corrected chi connectivity index (χ3v) is 10.7. The highest BCUT2D eigenvalue weighted by Gasteiger charge is 2.54. The van der Waals surface area contributed by atoms with Crippen molar-refractivity contribution in [1.82, 2.24) is 29.5 Å². The zero-order chi connectivity index (χ0) is 27.7. The first-order valence-corrected chi connectivity index (χ1v) is 15.5. The Balaban J connectivity index is 0.982. The minimum absolute atomic E-state index is 0.0440. The lowest BCUT2D eigenvalue weighted by Crippen LogP contribution is -2.60. The summed E-state index contributed by atoms with van der Waals surface area (Å²) in [5.41, 5.74) is 2.86. The van der Waals surface area contributed by atoms with Gasteiger partial charge in [-0.25, -0.2) is 4.98 Å². The Morgan fingerprint density at radius 2 is 1.93 bits per heavy atom. The van der Waals surface area contributed by atoms with E-state index < -0.39 is 5.41 Å². The molecule has 0 atom stereocenters. The van der Waals surface area contributed by atoms with Gasteiger partial charge < -0.3 is 18.9 Å². The molecule has 3 saturated heterocycles. The topological polar surface area (TPSA) is 103 Å². The molecule has 3 aromatic rings. The Morgan fingerprint density at radius 3 is 2.58 bits per heavy atom. The normalized spacial score (nSPS) is 24.8. The summed E-state index contributed by atoms with van der Waals surface area (Å²) >= 11 is 2.98. The Kier molecular flexibility index (Phi) is 7.68. The molecule has 0 unspecified atom stereocenters. The number of benzene rings is 1. The molecular weight excluding hydrogens is 548 g/mol. The van der Waals surface area contributed by atoms with Crippen LogP contribution in [0.1, 0.15) is 46.6 Å². The average Bonchev–Trinajstić information content (AvgIpc) is 3.70. The Bertz CT molecular complexity index is 1340. The fourth-order valence-corrected chi connectivity index (χ4v) is 7.90. The van der Waals surface area contributed by atoms with Gasteiger partial charge in [0, 0.05) is 56.6 Å². The van der Waals surface area contributed by atoms with E-state index in [4.69, 9.17) is 9.47 Å². The van der Waals surface area contributed by atoms with E-state index in [1.54, 1.807) is 24.3 Å². The van der Waals surface area contributed by atoms with Gasteiger partial charge in [0.05, 0.1) is 31.1 Å². The summed E-state index contributed by atoms with van der Waals surface area (Å²) in [6.07, 6.45) is 8.89. The van der Waals surface area contributed by atoms with Gasteiger partial charge in [0.25, 0.3) is 5.91 Å². The number of aryl methyl sites for hydroxylation is 1. The van der Waals surface area contributed by atoms with Gasteiger partial charge in [0.15, 0.2) is 4.34 Å². The molecule has 2 aromatic heterocycles. The molecular formula is C28H34N6O4S2. The summed E-state index contributed by atoms with van der Waals surface area (Å²) in [7, 11) is 1.46. The van der Waals surface area contributed by atoms with Crippen LogP contribution in [0.2, 0.25) is 0 Å². The van der Waals surface area contributed by atoms with Gasteiger partial charge in [-0.1, -0.05) is 29.2 Å². The molecule has 212 valence electrons. The van der Waals surface area contributed by atoms with E-state index >= 15 is 0 Å². The SMILES string of the molecule is COC(=O)C12CCC(CN3CCN(C(=O)c4nnc(SCc5ccc(-n6ccnc6)cc5C)s4)CC3)(CC1)OC2. The van der Waals surface area contributed by atoms with Crippen LogP contribution in [-0.2, 0) is 20.0 Å². The van der Waals surface area contributed by atoms with E-state index in [2.05, 4.69) is 45.2 Å². The van der Waals surface area contributed by atoms with Gasteiger partial charge in [0.1, 0.15) is 0 Å². The average molecular weight is 583 g/mol. The molecule has 1 aromatic carbocycles. The zero-order valence-corrected chi connectivity index (χ0v) is 24.5. The number of nitrogens with zero attached hydrogens (tertiary/aromatic N) is 6. The van der Waals surface area contributed by atoms with Crippen molar-refractivity contribution in [2.75, 3.05) is 46.4 Å². The standard InChI is InChI=1S/C28H34N6O4S2/c1-20-15-22(34-10-9-29-19-34)4-3-21(20)16-39-26-31-30-23(40-26)24(35)33-13-11-32(12-14-33)17-28-7-5-27(6-8-28,18-38-28)25(36)37-2/h3-4,9-10,15,19H,5-8,11-14,16-18H2,1-2H3. The molecule has 40 heavy (non-hydrogen) atoms. The van der Waals surface area contributed by atoms with Crippen LogP contribution in [0, 0.1) is 12.3 Å². The van der Waals surface area contributed by atoms with Crippen LogP contribution in [0.3, 0.4) is 0 Å². The van der Waals surface area contributed by atoms with Crippen LogP contribution in [0.25, 0.3) is 5.69 Å². The van der Waals surface area contributed by atoms with E-state index in [9.17, 15) is 9.59 Å². The van der Waals surface area contributed by atoms with E-state index in [-0.39, 0.29) is 17.5 Å². The van der Waals surface area contributed by atoms with Gasteiger partial charge in [-0.3, -0.25) is 14.5 Å². The molecule has 7 rings (SSSR count). The number of ether oxygens (including phenoxy) is 2. The summed E-state index contributed by atoms with van der Waals surface area (Å²) < 4.78 is 14.1. The number of amides is 1. The molecule has 1 saturated carbocycles. The lowest BCUT2D eigenvalue weighted by Gasteiger charge is -2.53. The van der Waals surface area contributed by atoms with Gasteiger partial charge in [0.2, 0.25) is 5.01 Å². The number of carbonyl (C=O) groups is 2. The van der Waals surface area contributed by atoms with Crippen molar-refractivity contribution in [2.45, 2.75) is 48.3 Å². The van der Waals surface area contributed by atoms with E-state index in [0.29, 0.717) is 24.7 Å². The number of imidazole rings is 1. The van der Waals surface area contributed by atoms with Crippen LogP contribution >= 0.6 is 23.1 Å². The molecule has 5 heterocycles. The lowest BCUT2D eigenvalue weighted by molar-refractivity contribution is -0.208. The highest BCUT2D eigenvalue weighted by Crippen LogP contribution is 2.49. The van der Waals surface area contributed by atoms with Crippen LogP contribution in [0.15, 0.2) is 41.3 Å². The smallest absolute Gasteiger partial charge is 0.314 e. The Labute approximate surface area is 242 Å². The van der Waals surface area contributed by atoms with Crippen molar-refractivity contribution in [2.24, 2.45) is 5.41 Å². The number of piperazine rings is 1. The molecule has 3 aliphatic heterocycles. The third-order valence-electron chi connectivity index (χ3n) is 8.63. The van der Waals surface area contributed by atoms with Crippen LogP contribution in [-0.4, -0.2) is 93.5 Å². The summed E-state index contributed by atoms with van der Waals surface area (Å²) in [5.74, 6) is 0.585. The van der Waals surface area contributed by atoms with E-state index in [1.165, 1.54) is 29.6 Å². The first-order chi connectivity index (χ1) is 19.4. The Hall–Kier alpha value is -2.80. The first kappa shape index (κ1) is 27.4. The van der Waals surface area contributed by atoms with Crippen molar-refractivity contribution in [3.05, 3.63) is 53.1 Å². The number of carbonyl (C=O) groups excluding carboxylic acids is 2. The number of hydrogen-bond donors (Lipinski definition) is 0. The number of esters is 1. The van der Waals surface area contributed by atoms with E-state index in [1.807, 2.05) is 15.7 Å². The second-order valence-corrected chi connectivity index (χ2v) is 13.3. The number of rotatable bonds is 8. The second-order valence-electron chi connectivity index (χ2n) is 11.1. The third kappa shape index (κ3) is 5.41. The molecule has 4 fully saturated rings. The number of methoxy groups -OCH3 is 1. The predicted molar refractivity (Wildman–Crippen MR) is 152 cm³/mol. The molecule has 12 heteroatoms. The van der Waals surface area contributed by atoms with Crippen molar-refractivity contribution in [3.8, 4) is 5.69 Å². The highest BCUT2D eigenvalue weighted by molar-refractivity contribution is 8.00. The first-order valence-electron chi connectivity index (χ1n) is 13.7. The quantitative estimate of drug-likeness (QED) is 0.291. The molecule has 0 spiro atoms. The summed E-state index contributed by atoms with van der Waals surface area (Å²) in [6.45, 7) is 6.31. The summed E-state index contributed by atoms with van der Waals surface area (Å²) in [5, 5.41) is 8.95. The minimum Gasteiger partial charge on any atom is -0.469 e. The van der Waals surface area contributed by atoms with Crippen LogP contribution in [0.5, 0.6) is 0 Å². The maximum atomic E-state index is 13.2. The second kappa shape index (κ2) is 11.2. The number of aromatic nitrogens is 4. The van der Waals surface area contributed by atoms with Gasteiger partial charge in [-0.2, -0.15) is 0 Å². The van der Waals surface area contributed by atoms with E-state index in [0.717, 1.165) is 61.1 Å². The van der Waals surface area contributed by atoms with Gasteiger partial charge in [-0.05, 0) is 55.9 Å². The molecule has 1 aliphatic carbocycles. The van der Waals surface area contributed by atoms with Crippen LogP contribution in [0.4, 0.5) is 0 Å². The van der Waals surface area contributed by atoms with Crippen LogP contribution < -0.4 is 0 Å². The van der Waals surface area contributed by atoms with Gasteiger partial charge in [-0.15, -0.1) is 10.2 Å². The lowest BCUT2D eigenvalue weighted by atomic mass is 9.66. The maximum Gasteiger partial charge on any atom is 0.314 e. The summed E-state index contributed by atoms with van der Waals surface area (Å²) in [4.78, 5) is 33.8. The fraction of sp³-hybridized carbons (Fsp3) is 0.536. The van der Waals surface area contributed by atoms with Crippen molar-refractivity contribution in [3.63, 3.8) is 0 Å². The maximum absolute atomic E-state index is 13.2. The van der Waals surface area contributed by atoms with Gasteiger partial charge >= 0.3 is 5.97 Å². The molecule has 10 nitrogen and oxygen atoms in total. The zero-order valence-electron chi connectivity index (χ0n) is 22.9. The molecule has 0 radical (unpaired) electrons. The largest absolute Gasteiger partial charge is 0.469 e. The Morgan fingerprint density at radius 1 is 1.12 bits per heavy atom. The minimum atomic E-state index is -0.454. The monoisotopic (exact) mass is 582 g/mol. The van der Waals surface area contributed by atoms with Crippen molar-refractivity contribution < 1.29 is 19.1 Å². The predicted octanol–water partition coefficient (Wildman–Crippen LogP) is 3.58. The summed E-state index contributed by atoms with van der Waals surface area (Å²) in [6, 6.07) is 6.37.